The van der Waals surface area contributed by atoms with Crippen molar-refractivity contribution in [2.75, 3.05) is 14.2 Å². The second-order valence-corrected chi connectivity index (χ2v) is 8.98. The third-order valence-corrected chi connectivity index (χ3v) is 7.18. The van der Waals surface area contributed by atoms with Gasteiger partial charge < -0.3 is 19.7 Å². The summed E-state index contributed by atoms with van der Waals surface area (Å²) in [4.78, 5) is 28.6. The lowest BCUT2D eigenvalue weighted by Crippen LogP contribution is -2.48. The fourth-order valence-electron chi connectivity index (χ4n) is 5.03. The van der Waals surface area contributed by atoms with Crippen LogP contribution in [0, 0.1) is 11.8 Å². The van der Waals surface area contributed by atoms with E-state index in [0.717, 1.165) is 24.0 Å². The summed E-state index contributed by atoms with van der Waals surface area (Å²) in [7, 11) is 3.19. The summed E-state index contributed by atoms with van der Waals surface area (Å²) in [5.41, 5.74) is 2.18. The average molecular weight is 437 g/mol. The van der Waals surface area contributed by atoms with Crippen LogP contribution in [-0.2, 0) is 11.3 Å². The molecule has 1 heterocycles. The topological polar surface area (TPSA) is 67.9 Å². The van der Waals surface area contributed by atoms with Gasteiger partial charge in [-0.3, -0.25) is 9.59 Å². The number of hydrogen-bond donors (Lipinski definition) is 1. The summed E-state index contributed by atoms with van der Waals surface area (Å²) in [6.45, 7) is 4.73. The number of ether oxygens (including phenoxy) is 2. The summed E-state index contributed by atoms with van der Waals surface area (Å²) >= 11 is 0. The molecule has 0 spiro atoms. The Kier molecular flexibility index (Phi) is 6.40. The molecule has 6 heteroatoms. The van der Waals surface area contributed by atoms with Crippen molar-refractivity contribution in [1.29, 1.82) is 0 Å². The van der Waals surface area contributed by atoms with E-state index in [4.69, 9.17) is 9.47 Å². The number of rotatable bonds is 6. The van der Waals surface area contributed by atoms with Crippen LogP contribution >= 0.6 is 0 Å². The van der Waals surface area contributed by atoms with Crippen LogP contribution in [-0.4, -0.2) is 37.0 Å². The largest absolute Gasteiger partial charge is 0.497 e. The molecule has 4 rings (SSSR count). The zero-order valence-electron chi connectivity index (χ0n) is 19.3. The third kappa shape index (κ3) is 4.06. The summed E-state index contributed by atoms with van der Waals surface area (Å²) < 4.78 is 10.8. The van der Waals surface area contributed by atoms with E-state index in [-0.39, 0.29) is 24.4 Å². The first kappa shape index (κ1) is 22.2. The number of carbonyl (C=O) groups is 2. The highest BCUT2D eigenvalue weighted by molar-refractivity contribution is 6.04. The highest BCUT2D eigenvalue weighted by atomic mass is 16.5. The van der Waals surface area contributed by atoms with E-state index in [1.54, 1.807) is 31.3 Å². The molecule has 0 bridgehead atoms. The molecule has 0 aromatic heterocycles. The number of carbonyl (C=O) groups excluding carboxylic acids is 2. The Labute approximate surface area is 189 Å². The summed E-state index contributed by atoms with van der Waals surface area (Å²) in [6.07, 6.45) is 3.29. The van der Waals surface area contributed by atoms with Gasteiger partial charge in [0.2, 0.25) is 5.91 Å². The first-order chi connectivity index (χ1) is 15.4. The van der Waals surface area contributed by atoms with Gasteiger partial charge in [0, 0.05) is 23.2 Å². The molecule has 4 atom stereocenters. The molecule has 2 amide bonds. The molecular weight excluding hydrogens is 404 g/mol. The number of amides is 2. The highest BCUT2D eigenvalue weighted by Crippen LogP contribution is 2.38. The summed E-state index contributed by atoms with van der Waals surface area (Å²) in [6, 6.07) is 12.4. The van der Waals surface area contributed by atoms with Gasteiger partial charge in [-0.15, -0.1) is 0 Å². The van der Waals surface area contributed by atoms with Gasteiger partial charge in [0.25, 0.3) is 5.91 Å². The standard InChI is InChI=1S/C26H32N2O4/c1-16-8-7-11-22(17(16)2)27-25(29)24-20-9-5-6-10-21(20)26(30)28(24)15-18-12-13-19(31-3)14-23(18)32-4/h5-6,9-10,12-14,16-17,22,24H,7-8,11,15H2,1-4H3,(H,27,29)/t16-,17-,22+,24+/m0/s1. The molecule has 1 aliphatic heterocycles. The van der Waals surface area contributed by atoms with Crippen LogP contribution in [0.25, 0.3) is 0 Å². The Morgan fingerprint density at radius 2 is 1.88 bits per heavy atom. The minimum Gasteiger partial charge on any atom is -0.497 e. The number of benzene rings is 2. The van der Waals surface area contributed by atoms with Crippen molar-refractivity contribution in [1.82, 2.24) is 10.2 Å². The molecule has 0 radical (unpaired) electrons. The van der Waals surface area contributed by atoms with Gasteiger partial charge in [0.15, 0.2) is 0 Å². The molecule has 170 valence electrons. The first-order valence-electron chi connectivity index (χ1n) is 11.4. The van der Waals surface area contributed by atoms with Crippen molar-refractivity contribution < 1.29 is 19.1 Å². The van der Waals surface area contributed by atoms with Crippen molar-refractivity contribution in [3.63, 3.8) is 0 Å². The van der Waals surface area contributed by atoms with Crippen molar-refractivity contribution in [2.24, 2.45) is 11.8 Å². The van der Waals surface area contributed by atoms with Crippen LogP contribution in [0.2, 0.25) is 0 Å². The first-order valence-corrected chi connectivity index (χ1v) is 11.4. The minimum atomic E-state index is -0.657. The monoisotopic (exact) mass is 436 g/mol. The molecule has 32 heavy (non-hydrogen) atoms. The second kappa shape index (κ2) is 9.23. The van der Waals surface area contributed by atoms with Gasteiger partial charge in [-0.2, -0.15) is 0 Å². The summed E-state index contributed by atoms with van der Waals surface area (Å²) in [5, 5.41) is 3.28. The normalized spacial score (nSPS) is 24.8. The fraction of sp³-hybridized carbons (Fsp3) is 0.462. The lowest BCUT2D eigenvalue weighted by atomic mass is 9.78. The lowest BCUT2D eigenvalue weighted by Gasteiger charge is -2.36. The lowest BCUT2D eigenvalue weighted by molar-refractivity contribution is -0.127. The van der Waals surface area contributed by atoms with Gasteiger partial charge in [-0.05, 0) is 42.0 Å². The molecule has 0 unspecified atom stereocenters. The van der Waals surface area contributed by atoms with Gasteiger partial charge in [-0.25, -0.2) is 0 Å². The van der Waals surface area contributed by atoms with E-state index in [0.29, 0.717) is 28.9 Å². The second-order valence-electron chi connectivity index (χ2n) is 8.98. The Bertz CT molecular complexity index is 1010. The van der Waals surface area contributed by atoms with Crippen LogP contribution in [0.1, 0.15) is 60.6 Å². The van der Waals surface area contributed by atoms with Crippen LogP contribution in [0.15, 0.2) is 42.5 Å². The third-order valence-electron chi connectivity index (χ3n) is 7.18. The SMILES string of the molecule is COc1ccc(CN2C(=O)c3ccccc3[C@@H]2C(=O)N[C@@H]2CCC[C@H](C)[C@@H]2C)c(OC)c1. The maximum absolute atomic E-state index is 13.6. The van der Waals surface area contributed by atoms with E-state index in [2.05, 4.69) is 19.2 Å². The quantitative estimate of drug-likeness (QED) is 0.731. The molecule has 0 saturated heterocycles. The van der Waals surface area contributed by atoms with E-state index in [1.807, 2.05) is 30.3 Å². The Balaban J connectivity index is 1.64. The van der Waals surface area contributed by atoms with E-state index in [9.17, 15) is 9.59 Å². The number of nitrogens with zero attached hydrogens (tertiary/aromatic N) is 1. The van der Waals surface area contributed by atoms with Crippen LogP contribution < -0.4 is 14.8 Å². The van der Waals surface area contributed by atoms with E-state index >= 15 is 0 Å². The molecule has 2 aromatic rings. The molecule has 2 aliphatic rings. The van der Waals surface area contributed by atoms with Crippen molar-refractivity contribution in [3.8, 4) is 11.5 Å². The van der Waals surface area contributed by atoms with Gasteiger partial charge in [0.05, 0.1) is 20.8 Å². The Morgan fingerprint density at radius 3 is 2.62 bits per heavy atom. The highest BCUT2D eigenvalue weighted by Gasteiger charge is 2.42. The van der Waals surface area contributed by atoms with Crippen molar-refractivity contribution >= 4 is 11.8 Å². The van der Waals surface area contributed by atoms with Gasteiger partial charge in [0.1, 0.15) is 17.5 Å². The van der Waals surface area contributed by atoms with Gasteiger partial charge in [-0.1, -0.05) is 44.9 Å². The minimum absolute atomic E-state index is 0.110. The van der Waals surface area contributed by atoms with E-state index in [1.165, 1.54) is 6.42 Å². The molecule has 2 aromatic carbocycles. The van der Waals surface area contributed by atoms with Crippen LogP contribution in [0.4, 0.5) is 0 Å². The zero-order chi connectivity index (χ0) is 22.8. The van der Waals surface area contributed by atoms with Crippen molar-refractivity contribution in [2.45, 2.75) is 51.7 Å². The molecule has 1 N–H and O–H groups in total. The molecular formula is C26H32N2O4. The molecule has 6 nitrogen and oxygen atoms in total. The maximum Gasteiger partial charge on any atom is 0.255 e. The number of hydrogen-bond acceptors (Lipinski definition) is 4. The zero-order valence-corrected chi connectivity index (χ0v) is 19.3. The Hall–Kier alpha value is -3.02. The maximum atomic E-state index is 13.6. The summed E-state index contributed by atoms with van der Waals surface area (Å²) in [5.74, 6) is 2.05. The molecule has 1 aliphatic carbocycles. The fourth-order valence-corrected chi connectivity index (χ4v) is 5.03. The molecule has 1 saturated carbocycles. The van der Waals surface area contributed by atoms with Gasteiger partial charge >= 0.3 is 0 Å². The van der Waals surface area contributed by atoms with E-state index < -0.39 is 6.04 Å². The smallest absolute Gasteiger partial charge is 0.255 e. The average Bonchev–Trinajstić information content (AvgIpc) is 3.09. The predicted octanol–water partition coefficient (Wildman–Crippen LogP) is 4.34. The van der Waals surface area contributed by atoms with Crippen LogP contribution in [0.3, 0.4) is 0 Å². The predicted molar refractivity (Wildman–Crippen MR) is 123 cm³/mol. The number of fused-ring (bicyclic) bond motifs is 1. The Morgan fingerprint density at radius 1 is 1.09 bits per heavy atom. The number of methoxy groups -OCH3 is 2. The van der Waals surface area contributed by atoms with Crippen molar-refractivity contribution in [3.05, 3.63) is 59.2 Å². The molecule has 1 fully saturated rings. The number of nitrogens with one attached hydrogen (secondary N) is 1. The van der Waals surface area contributed by atoms with Crippen LogP contribution in [0.5, 0.6) is 11.5 Å².